The van der Waals surface area contributed by atoms with Gasteiger partial charge in [0.05, 0.1) is 6.54 Å². The Morgan fingerprint density at radius 1 is 1.39 bits per heavy atom. The number of guanidine groups is 1. The van der Waals surface area contributed by atoms with E-state index in [0.29, 0.717) is 36.2 Å². The zero-order chi connectivity index (χ0) is 19.2. The number of hydrogen-bond acceptors (Lipinski definition) is 6. The summed E-state index contributed by atoms with van der Waals surface area (Å²) in [6.45, 7) is 1.20. The molecule has 3 aromatic rings. The van der Waals surface area contributed by atoms with Gasteiger partial charge in [-0.15, -0.1) is 24.0 Å². The molecule has 2 heterocycles. The quantitative estimate of drug-likeness (QED) is 0.305. The van der Waals surface area contributed by atoms with Crippen molar-refractivity contribution in [2.45, 2.75) is 13.0 Å². The molecule has 11 heteroatoms. The monoisotopic (exact) mass is 516 g/mol. The molecule has 0 aliphatic heterocycles. The second kappa shape index (κ2) is 10.4. The molecule has 150 valence electrons. The molecule has 0 saturated heterocycles. The van der Waals surface area contributed by atoms with E-state index < -0.39 is 0 Å². The first kappa shape index (κ1) is 22.1. The summed E-state index contributed by atoms with van der Waals surface area (Å²) in [5.74, 6) is 2.66. The molecule has 0 aliphatic carbocycles. The minimum Gasteiger partial charge on any atom is -0.356 e. The van der Waals surface area contributed by atoms with E-state index in [-0.39, 0.29) is 24.0 Å². The minimum absolute atomic E-state index is 0. The molecule has 3 rings (SSSR count). The van der Waals surface area contributed by atoms with Gasteiger partial charge in [-0.1, -0.05) is 28.9 Å². The Morgan fingerprint density at radius 2 is 2.21 bits per heavy atom. The highest BCUT2D eigenvalue weighted by Crippen LogP contribution is 2.19. The molecule has 0 radical (unpaired) electrons. The summed E-state index contributed by atoms with van der Waals surface area (Å²) in [5, 5.41) is 12.0. The van der Waals surface area contributed by atoms with E-state index in [0.717, 1.165) is 17.3 Å². The fourth-order valence-electron chi connectivity index (χ4n) is 2.52. The van der Waals surface area contributed by atoms with Crippen LogP contribution in [-0.4, -0.2) is 56.4 Å². The van der Waals surface area contributed by atoms with E-state index in [1.807, 2.05) is 31.1 Å². The summed E-state index contributed by atoms with van der Waals surface area (Å²) in [5.41, 5.74) is 0.824. The maximum absolute atomic E-state index is 6.00. The average Bonchev–Trinajstić information content (AvgIpc) is 3.28. The Morgan fingerprint density at radius 3 is 2.89 bits per heavy atom. The second-order valence-corrected chi connectivity index (χ2v) is 6.34. The third-order valence-electron chi connectivity index (χ3n) is 3.93. The molecule has 9 nitrogen and oxygen atoms in total. The largest absolute Gasteiger partial charge is 0.356 e. The summed E-state index contributed by atoms with van der Waals surface area (Å²) in [6, 6.07) is 7.35. The third-order valence-corrected chi connectivity index (χ3v) is 4.17. The standard InChI is InChI=1S/C17H21ClN8O.HI/c1-19-17(25(2)10-14-21-11-22-26(14)3)20-8-7-15-23-16(24-27-15)12-5-4-6-13(18)9-12;/h4-6,9,11H,7-8,10H2,1-3H3,(H,19,20);1H. The summed E-state index contributed by atoms with van der Waals surface area (Å²) in [7, 11) is 5.53. The number of aliphatic imine (C=N–C) groups is 1. The van der Waals surface area contributed by atoms with Crippen LogP contribution in [-0.2, 0) is 20.0 Å². The van der Waals surface area contributed by atoms with E-state index in [1.165, 1.54) is 6.33 Å². The fourth-order valence-corrected chi connectivity index (χ4v) is 2.71. The topological polar surface area (TPSA) is 97.3 Å². The number of nitrogens with one attached hydrogen (secondary N) is 1. The number of aryl methyl sites for hydroxylation is 1. The van der Waals surface area contributed by atoms with Gasteiger partial charge in [0.1, 0.15) is 12.2 Å². The number of hydrogen-bond donors (Lipinski definition) is 1. The van der Waals surface area contributed by atoms with E-state index in [1.54, 1.807) is 23.9 Å². The third kappa shape index (κ3) is 5.64. The van der Waals surface area contributed by atoms with Gasteiger partial charge in [-0.05, 0) is 12.1 Å². The van der Waals surface area contributed by atoms with E-state index in [2.05, 4.69) is 30.5 Å². The molecular formula is C17H22ClIN8O. The summed E-state index contributed by atoms with van der Waals surface area (Å²) >= 11 is 6.00. The first-order chi connectivity index (χ1) is 13.1. The van der Waals surface area contributed by atoms with Crippen LogP contribution in [0.4, 0.5) is 0 Å². The van der Waals surface area contributed by atoms with Crippen LogP contribution >= 0.6 is 35.6 Å². The van der Waals surface area contributed by atoms with Crippen LogP contribution in [0.3, 0.4) is 0 Å². The van der Waals surface area contributed by atoms with Crippen molar-refractivity contribution in [3.8, 4) is 11.4 Å². The molecule has 0 spiro atoms. The Bertz CT molecular complexity index is 925. The van der Waals surface area contributed by atoms with Crippen LogP contribution in [0.1, 0.15) is 11.7 Å². The van der Waals surface area contributed by atoms with Crippen molar-refractivity contribution in [1.82, 2.24) is 35.1 Å². The maximum Gasteiger partial charge on any atom is 0.228 e. The Hall–Kier alpha value is -2.21. The average molecular weight is 517 g/mol. The highest BCUT2D eigenvalue weighted by Gasteiger charge is 2.12. The van der Waals surface area contributed by atoms with Crippen LogP contribution < -0.4 is 5.32 Å². The van der Waals surface area contributed by atoms with Crippen LogP contribution in [0, 0.1) is 0 Å². The van der Waals surface area contributed by atoms with E-state index in [9.17, 15) is 0 Å². The van der Waals surface area contributed by atoms with Gasteiger partial charge >= 0.3 is 0 Å². The minimum atomic E-state index is 0. The van der Waals surface area contributed by atoms with Crippen LogP contribution in [0.5, 0.6) is 0 Å². The van der Waals surface area contributed by atoms with E-state index >= 15 is 0 Å². The number of halogens is 2. The molecule has 2 aromatic heterocycles. The first-order valence-corrected chi connectivity index (χ1v) is 8.78. The van der Waals surface area contributed by atoms with Crippen molar-refractivity contribution in [2.75, 3.05) is 20.6 Å². The van der Waals surface area contributed by atoms with Crippen LogP contribution in [0.15, 0.2) is 40.1 Å². The predicted octanol–water partition coefficient (Wildman–Crippen LogP) is 2.39. The van der Waals surface area contributed by atoms with Crippen molar-refractivity contribution < 1.29 is 4.52 Å². The highest BCUT2D eigenvalue weighted by atomic mass is 127. The molecule has 0 bridgehead atoms. The molecule has 0 atom stereocenters. The number of nitrogens with zero attached hydrogens (tertiary/aromatic N) is 7. The SMILES string of the molecule is CN=C(NCCc1nc(-c2cccc(Cl)c2)no1)N(C)Cc1ncnn1C.I. The highest BCUT2D eigenvalue weighted by molar-refractivity contribution is 14.0. The van der Waals surface area contributed by atoms with Crippen LogP contribution in [0.25, 0.3) is 11.4 Å². The van der Waals surface area contributed by atoms with Gasteiger partial charge in [-0.3, -0.25) is 9.67 Å². The smallest absolute Gasteiger partial charge is 0.228 e. The Balaban J connectivity index is 0.00000280. The van der Waals surface area contributed by atoms with Gasteiger partial charge in [0.15, 0.2) is 5.96 Å². The van der Waals surface area contributed by atoms with Gasteiger partial charge in [-0.25, -0.2) is 4.98 Å². The van der Waals surface area contributed by atoms with Gasteiger partial charge < -0.3 is 14.7 Å². The molecular weight excluding hydrogens is 495 g/mol. The summed E-state index contributed by atoms with van der Waals surface area (Å²) < 4.78 is 7.05. The Kier molecular flexibility index (Phi) is 8.18. The number of rotatable bonds is 6. The lowest BCUT2D eigenvalue weighted by atomic mass is 10.2. The van der Waals surface area contributed by atoms with Crippen molar-refractivity contribution in [1.29, 1.82) is 0 Å². The second-order valence-electron chi connectivity index (χ2n) is 5.90. The van der Waals surface area contributed by atoms with Crippen molar-refractivity contribution in [2.24, 2.45) is 12.0 Å². The van der Waals surface area contributed by atoms with Crippen molar-refractivity contribution in [3.63, 3.8) is 0 Å². The zero-order valence-electron chi connectivity index (χ0n) is 15.8. The molecule has 0 aliphatic rings. The molecule has 0 amide bonds. The number of benzene rings is 1. The number of aromatic nitrogens is 5. The summed E-state index contributed by atoms with van der Waals surface area (Å²) in [4.78, 5) is 14.9. The Labute approximate surface area is 185 Å². The van der Waals surface area contributed by atoms with Gasteiger partial charge in [0, 0.05) is 44.7 Å². The molecule has 0 fully saturated rings. The van der Waals surface area contributed by atoms with Crippen molar-refractivity contribution >= 4 is 41.5 Å². The lowest BCUT2D eigenvalue weighted by molar-refractivity contribution is 0.377. The van der Waals surface area contributed by atoms with Gasteiger partial charge in [0.2, 0.25) is 11.7 Å². The lowest BCUT2D eigenvalue weighted by Crippen LogP contribution is -2.39. The maximum atomic E-state index is 6.00. The van der Waals surface area contributed by atoms with Crippen LogP contribution in [0.2, 0.25) is 5.02 Å². The fraction of sp³-hybridized carbons (Fsp3) is 0.353. The molecule has 1 N–H and O–H groups in total. The molecule has 0 unspecified atom stereocenters. The molecule has 0 saturated carbocycles. The molecule has 1 aromatic carbocycles. The van der Waals surface area contributed by atoms with E-state index in [4.69, 9.17) is 16.1 Å². The van der Waals surface area contributed by atoms with Crippen molar-refractivity contribution in [3.05, 3.63) is 47.3 Å². The predicted molar refractivity (Wildman–Crippen MR) is 118 cm³/mol. The lowest BCUT2D eigenvalue weighted by Gasteiger charge is -2.21. The van der Waals surface area contributed by atoms with Gasteiger partial charge in [-0.2, -0.15) is 10.1 Å². The molecule has 28 heavy (non-hydrogen) atoms. The zero-order valence-corrected chi connectivity index (χ0v) is 18.9. The summed E-state index contributed by atoms with van der Waals surface area (Å²) in [6.07, 6.45) is 2.11. The van der Waals surface area contributed by atoms with Gasteiger partial charge in [0.25, 0.3) is 0 Å². The first-order valence-electron chi connectivity index (χ1n) is 8.40. The normalized spacial score (nSPS) is 11.2.